The summed E-state index contributed by atoms with van der Waals surface area (Å²) in [5, 5.41) is 3.44. The highest BCUT2D eigenvalue weighted by Crippen LogP contribution is 2.33. The van der Waals surface area contributed by atoms with Gasteiger partial charge in [-0.3, -0.25) is 9.69 Å². The average Bonchev–Trinajstić information content (AvgIpc) is 2.92. The summed E-state index contributed by atoms with van der Waals surface area (Å²) in [6, 6.07) is 1.93. The van der Waals surface area contributed by atoms with Crippen LogP contribution in [0.2, 0.25) is 0 Å². The number of carbonyl (C=O) groups is 1. The lowest BCUT2D eigenvalue weighted by atomic mass is 9.82. The van der Waals surface area contributed by atoms with Gasteiger partial charge in [0.25, 0.3) is 0 Å². The summed E-state index contributed by atoms with van der Waals surface area (Å²) in [5.41, 5.74) is 0. The van der Waals surface area contributed by atoms with E-state index >= 15 is 0 Å². The lowest BCUT2D eigenvalue weighted by Crippen LogP contribution is -2.58. The Balaban J connectivity index is 1.62. The molecule has 0 saturated carbocycles. The Hall–Kier alpha value is -0.610. The molecule has 0 aromatic heterocycles. The van der Waals surface area contributed by atoms with Crippen molar-refractivity contribution in [1.29, 1.82) is 0 Å². The quantitative estimate of drug-likeness (QED) is 0.833. The number of nitrogens with zero attached hydrogens (tertiary/aromatic N) is 2. The number of hydrogen-bond acceptors (Lipinski definition) is 3. The van der Waals surface area contributed by atoms with Crippen molar-refractivity contribution in [2.45, 2.75) is 63.1 Å². The first-order valence-corrected chi connectivity index (χ1v) is 7.98. The van der Waals surface area contributed by atoms with Gasteiger partial charge < -0.3 is 10.2 Å². The Bertz CT molecular complexity index is 313. The van der Waals surface area contributed by atoms with E-state index < -0.39 is 0 Å². The molecule has 0 radical (unpaired) electrons. The highest BCUT2D eigenvalue weighted by Gasteiger charge is 2.39. The van der Waals surface area contributed by atoms with Gasteiger partial charge in [-0.1, -0.05) is 6.42 Å². The number of hydrogen-bond donors (Lipinski definition) is 1. The molecule has 0 spiro atoms. The number of carbonyl (C=O) groups excluding carboxylic acids is 1. The van der Waals surface area contributed by atoms with Crippen molar-refractivity contribution < 1.29 is 4.79 Å². The fourth-order valence-corrected chi connectivity index (χ4v) is 4.20. The van der Waals surface area contributed by atoms with E-state index in [0.717, 1.165) is 13.1 Å². The van der Waals surface area contributed by atoms with Crippen molar-refractivity contribution in [2.24, 2.45) is 0 Å². The van der Waals surface area contributed by atoms with Crippen LogP contribution in [-0.4, -0.2) is 60.5 Å². The van der Waals surface area contributed by atoms with Crippen LogP contribution in [0.5, 0.6) is 0 Å². The Morgan fingerprint density at radius 1 is 1.11 bits per heavy atom. The molecule has 4 heteroatoms. The van der Waals surface area contributed by atoms with Gasteiger partial charge in [0.05, 0.1) is 6.54 Å². The first-order valence-electron chi connectivity index (χ1n) is 7.98. The SMILES string of the molecule is CN[C@H]1C[C@H]2CCC[C@@H](C1)N2CC(=O)N1CCCC1. The van der Waals surface area contributed by atoms with Gasteiger partial charge in [0.2, 0.25) is 5.91 Å². The van der Waals surface area contributed by atoms with Crippen LogP contribution in [0.15, 0.2) is 0 Å². The summed E-state index contributed by atoms with van der Waals surface area (Å²) in [4.78, 5) is 17.0. The van der Waals surface area contributed by atoms with Gasteiger partial charge in [-0.15, -0.1) is 0 Å². The van der Waals surface area contributed by atoms with E-state index in [0.29, 0.717) is 30.6 Å². The van der Waals surface area contributed by atoms with Crippen LogP contribution in [0.4, 0.5) is 0 Å². The summed E-state index contributed by atoms with van der Waals surface area (Å²) < 4.78 is 0. The van der Waals surface area contributed by atoms with E-state index in [1.807, 2.05) is 0 Å². The van der Waals surface area contributed by atoms with E-state index in [-0.39, 0.29) is 0 Å². The molecule has 4 nitrogen and oxygen atoms in total. The van der Waals surface area contributed by atoms with Gasteiger partial charge in [-0.05, 0) is 45.6 Å². The summed E-state index contributed by atoms with van der Waals surface area (Å²) >= 11 is 0. The summed E-state index contributed by atoms with van der Waals surface area (Å²) in [6.07, 6.45) is 8.74. The molecule has 0 unspecified atom stereocenters. The van der Waals surface area contributed by atoms with E-state index in [1.54, 1.807) is 0 Å². The van der Waals surface area contributed by atoms with Crippen LogP contribution >= 0.6 is 0 Å². The summed E-state index contributed by atoms with van der Waals surface area (Å²) in [6.45, 7) is 2.65. The smallest absolute Gasteiger partial charge is 0.236 e. The van der Waals surface area contributed by atoms with Gasteiger partial charge in [-0.25, -0.2) is 0 Å². The molecule has 3 saturated heterocycles. The van der Waals surface area contributed by atoms with Crippen molar-refractivity contribution in [2.75, 3.05) is 26.7 Å². The van der Waals surface area contributed by atoms with Crippen molar-refractivity contribution in [3.8, 4) is 0 Å². The van der Waals surface area contributed by atoms with Crippen LogP contribution < -0.4 is 5.32 Å². The van der Waals surface area contributed by atoms with Crippen LogP contribution in [0.3, 0.4) is 0 Å². The van der Waals surface area contributed by atoms with E-state index in [4.69, 9.17) is 0 Å². The molecule has 3 aliphatic heterocycles. The fraction of sp³-hybridized carbons (Fsp3) is 0.933. The van der Waals surface area contributed by atoms with Gasteiger partial charge in [0, 0.05) is 31.2 Å². The zero-order valence-corrected chi connectivity index (χ0v) is 12.1. The van der Waals surface area contributed by atoms with Gasteiger partial charge in [0.15, 0.2) is 0 Å². The number of nitrogens with one attached hydrogen (secondary N) is 1. The normalized spacial score (nSPS) is 35.6. The third-order valence-electron chi connectivity index (χ3n) is 5.31. The molecule has 0 aromatic carbocycles. The predicted octanol–water partition coefficient (Wildman–Crippen LogP) is 1.21. The number of piperidine rings is 2. The summed E-state index contributed by atoms with van der Waals surface area (Å²) in [7, 11) is 2.07. The van der Waals surface area contributed by atoms with Crippen molar-refractivity contribution >= 4 is 5.91 Å². The third kappa shape index (κ3) is 2.79. The molecule has 2 bridgehead atoms. The lowest BCUT2D eigenvalue weighted by molar-refractivity contribution is -0.134. The molecule has 3 heterocycles. The average molecular weight is 265 g/mol. The van der Waals surface area contributed by atoms with Gasteiger partial charge in [0.1, 0.15) is 0 Å². The minimum atomic E-state index is 0.373. The molecule has 1 amide bonds. The molecule has 3 aliphatic rings. The van der Waals surface area contributed by atoms with Crippen molar-refractivity contribution in [3.05, 3.63) is 0 Å². The monoisotopic (exact) mass is 265 g/mol. The Morgan fingerprint density at radius 2 is 1.74 bits per heavy atom. The second kappa shape index (κ2) is 5.80. The maximum Gasteiger partial charge on any atom is 0.236 e. The minimum Gasteiger partial charge on any atom is -0.342 e. The molecule has 19 heavy (non-hydrogen) atoms. The summed E-state index contributed by atoms with van der Waals surface area (Å²) in [5.74, 6) is 0.373. The van der Waals surface area contributed by atoms with E-state index in [1.165, 1.54) is 44.9 Å². The zero-order chi connectivity index (χ0) is 13.2. The molecule has 3 fully saturated rings. The van der Waals surface area contributed by atoms with Crippen LogP contribution in [0, 0.1) is 0 Å². The molecule has 3 rings (SSSR count). The van der Waals surface area contributed by atoms with Crippen molar-refractivity contribution in [1.82, 2.24) is 15.1 Å². The van der Waals surface area contributed by atoms with E-state index in [2.05, 4.69) is 22.2 Å². The van der Waals surface area contributed by atoms with E-state index in [9.17, 15) is 4.79 Å². The third-order valence-corrected chi connectivity index (χ3v) is 5.31. The molecule has 3 atom stereocenters. The topological polar surface area (TPSA) is 35.6 Å². The molecule has 0 aliphatic carbocycles. The first kappa shape index (κ1) is 13.4. The molecule has 1 N–H and O–H groups in total. The molecular formula is C15H27N3O. The standard InChI is InChI=1S/C15H27N3O/c1-16-12-9-13-5-4-6-14(10-12)18(13)11-15(19)17-7-2-3-8-17/h12-14,16H,2-11H2,1H3/t12-,13+,14-. The number of rotatable bonds is 3. The molecular weight excluding hydrogens is 238 g/mol. The van der Waals surface area contributed by atoms with Crippen molar-refractivity contribution in [3.63, 3.8) is 0 Å². The largest absolute Gasteiger partial charge is 0.342 e. The Kier molecular flexibility index (Phi) is 4.08. The number of likely N-dealkylation sites (tertiary alicyclic amines) is 1. The van der Waals surface area contributed by atoms with Gasteiger partial charge in [-0.2, -0.15) is 0 Å². The predicted molar refractivity (Wildman–Crippen MR) is 76.0 cm³/mol. The highest BCUT2D eigenvalue weighted by atomic mass is 16.2. The lowest BCUT2D eigenvalue weighted by Gasteiger charge is -2.48. The Morgan fingerprint density at radius 3 is 2.32 bits per heavy atom. The van der Waals surface area contributed by atoms with Crippen LogP contribution in [0.25, 0.3) is 0 Å². The molecule has 0 aromatic rings. The second-order valence-corrected chi connectivity index (χ2v) is 6.46. The fourth-order valence-electron chi connectivity index (χ4n) is 4.20. The number of fused-ring (bicyclic) bond motifs is 2. The van der Waals surface area contributed by atoms with Crippen LogP contribution in [-0.2, 0) is 4.79 Å². The Labute approximate surface area is 116 Å². The maximum atomic E-state index is 12.4. The highest BCUT2D eigenvalue weighted by molar-refractivity contribution is 5.78. The first-order chi connectivity index (χ1) is 9.28. The van der Waals surface area contributed by atoms with Crippen LogP contribution in [0.1, 0.15) is 44.9 Å². The number of amides is 1. The molecule has 108 valence electrons. The zero-order valence-electron chi connectivity index (χ0n) is 12.1. The second-order valence-electron chi connectivity index (χ2n) is 6.46. The minimum absolute atomic E-state index is 0.373. The van der Waals surface area contributed by atoms with Gasteiger partial charge >= 0.3 is 0 Å². The maximum absolute atomic E-state index is 12.4.